The topological polar surface area (TPSA) is 55.4 Å². The molecule has 1 aromatic carbocycles. The normalized spacial score (nSPS) is 29.0. The van der Waals surface area contributed by atoms with Crippen LogP contribution in [0.1, 0.15) is 33.6 Å². The third-order valence-electron chi connectivity index (χ3n) is 4.73. The van der Waals surface area contributed by atoms with Gasteiger partial charge in [-0.1, -0.05) is 13.8 Å². The van der Waals surface area contributed by atoms with Crippen molar-refractivity contribution in [2.45, 2.75) is 50.7 Å². The van der Waals surface area contributed by atoms with Crippen molar-refractivity contribution >= 4 is 15.5 Å². The molecule has 1 aliphatic rings. The highest BCUT2D eigenvalue weighted by molar-refractivity contribution is 7.90. The lowest BCUT2D eigenvalue weighted by Crippen LogP contribution is -2.59. The summed E-state index contributed by atoms with van der Waals surface area (Å²) in [7, 11) is -3.13. The first-order chi connectivity index (χ1) is 9.81. The molecular weight excluding hydrogens is 286 g/mol. The molecule has 1 aliphatic carbocycles. The van der Waals surface area contributed by atoms with Gasteiger partial charge in [-0.2, -0.15) is 0 Å². The Kier molecular flexibility index (Phi) is 4.63. The van der Waals surface area contributed by atoms with E-state index in [1.807, 2.05) is 19.1 Å². The van der Waals surface area contributed by atoms with E-state index in [2.05, 4.69) is 19.2 Å². The van der Waals surface area contributed by atoms with Crippen LogP contribution in [0.3, 0.4) is 0 Å². The summed E-state index contributed by atoms with van der Waals surface area (Å²) in [6.45, 7) is 7.21. The fraction of sp³-hybridized carbons (Fsp3) is 0.625. The maximum absolute atomic E-state index is 11.5. The van der Waals surface area contributed by atoms with Gasteiger partial charge in [0.15, 0.2) is 9.84 Å². The lowest BCUT2D eigenvalue weighted by Gasteiger charge is -2.54. The maximum atomic E-state index is 11.5. The molecule has 118 valence electrons. The second-order valence-corrected chi connectivity index (χ2v) is 8.05. The number of hydrogen-bond donors (Lipinski definition) is 1. The molecule has 5 heteroatoms. The molecule has 1 fully saturated rings. The number of nitrogens with one attached hydrogen (secondary N) is 1. The van der Waals surface area contributed by atoms with Gasteiger partial charge in [0.2, 0.25) is 0 Å². The highest BCUT2D eigenvalue weighted by Gasteiger charge is 2.51. The molecule has 0 amide bonds. The third kappa shape index (κ3) is 3.24. The Morgan fingerprint density at radius 2 is 1.90 bits per heavy atom. The zero-order chi connectivity index (χ0) is 15.7. The van der Waals surface area contributed by atoms with Crippen molar-refractivity contribution < 1.29 is 13.2 Å². The summed E-state index contributed by atoms with van der Waals surface area (Å²) in [5.74, 6) is 0. The summed E-state index contributed by atoms with van der Waals surface area (Å²) in [6, 6.07) is 7.34. The van der Waals surface area contributed by atoms with Gasteiger partial charge in [-0.15, -0.1) is 0 Å². The SMILES string of the molecule is CCOC1CC(Nc2ccc(S(C)(=O)=O)cc2)C1(C)CC. The van der Waals surface area contributed by atoms with E-state index in [4.69, 9.17) is 4.74 Å². The molecule has 2 rings (SSSR count). The van der Waals surface area contributed by atoms with Gasteiger partial charge in [0.25, 0.3) is 0 Å². The van der Waals surface area contributed by atoms with E-state index in [-0.39, 0.29) is 5.41 Å². The Hall–Kier alpha value is -1.07. The predicted molar refractivity (Wildman–Crippen MR) is 85.4 cm³/mol. The Morgan fingerprint density at radius 3 is 2.38 bits per heavy atom. The van der Waals surface area contributed by atoms with Gasteiger partial charge >= 0.3 is 0 Å². The first kappa shape index (κ1) is 16.3. The monoisotopic (exact) mass is 311 g/mol. The van der Waals surface area contributed by atoms with E-state index in [1.54, 1.807) is 12.1 Å². The zero-order valence-electron chi connectivity index (χ0n) is 13.2. The van der Waals surface area contributed by atoms with Crippen molar-refractivity contribution in [3.8, 4) is 0 Å². The molecule has 0 bridgehead atoms. The summed E-state index contributed by atoms with van der Waals surface area (Å²) in [5.41, 5.74) is 1.09. The highest BCUT2D eigenvalue weighted by atomic mass is 32.2. The Morgan fingerprint density at radius 1 is 1.29 bits per heavy atom. The maximum Gasteiger partial charge on any atom is 0.175 e. The minimum Gasteiger partial charge on any atom is -0.382 e. The molecule has 4 nitrogen and oxygen atoms in total. The largest absolute Gasteiger partial charge is 0.382 e. The van der Waals surface area contributed by atoms with Gasteiger partial charge < -0.3 is 10.1 Å². The molecule has 1 aromatic rings. The standard InChI is InChI=1S/C16H25NO3S/c1-5-16(3)14(11-15(16)20-6-2)17-12-7-9-13(10-8-12)21(4,18)19/h7-10,14-15,17H,5-6,11H2,1-4H3. The number of ether oxygens (including phenoxy) is 1. The van der Waals surface area contributed by atoms with E-state index < -0.39 is 9.84 Å². The molecule has 3 unspecified atom stereocenters. The lowest BCUT2D eigenvalue weighted by atomic mass is 9.61. The molecule has 0 radical (unpaired) electrons. The van der Waals surface area contributed by atoms with Gasteiger partial charge in [-0.05, 0) is 44.0 Å². The van der Waals surface area contributed by atoms with Crippen molar-refractivity contribution in [3.05, 3.63) is 24.3 Å². The Balaban J connectivity index is 2.06. The van der Waals surface area contributed by atoms with Gasteiger partial charge in [0.05, 0.1) is 11.0 Å². The van der Waals surface area contributed by atoms with Crippen LogP contribution in [-0.4, -0.2) is 33.4 Å². The minimum atomic E-state index is -3.13. The van der Waals surface area contributed by atoms with Crippen LogP contribution in [0, 0.1) is 5.41 Å². The smallest absolute Gasteiger partial charge is 0.175 e. The van der Waals surface area contributed by atoms with Crippen molar-refractivity contribution in [1.29, 1.82) is 0 Å². The van der Waals surface area contributed by atoms with Crippen molar-refractivity contribution in [1.82, 2.24) is 0 Å². The van der Waals surface area contributed by atoms with Crippen LogP contribution in [0.25, 0.3) is 0 Å². The van der Waals surface area contributed by atoms with E-state index in [0.29, 0.717) is 17.0 Å². The second kappa shape index (κ2) is 5.97. The fourth-order valence-corrected chi connectivity index (χ4v) is 3.60. The van der Waals surface area contributed by atoms with Crippen molar-refractivity contribution in [3.63, 3.8) is 0 Å². The van der Waals surface area contributed by atoms with Crippen LogP contribution in [0.2, 0.25) is 0 Å². The van der Waals surface area contributed by atoms with Gasteiger partial charge in [-0.25, -0.2) is 8.42 Å². The summed E-state index contributed by atoms with van der Waals surface area (Å²) in [4.78, 5) is 0.354. The molecule has 0 saturated heterocycles. The average Bonchev–Trinajstić information content (AvgIpc) is 2.45. The summed E-state index contributed by atoms with van der Waals surface area (Å²) in [6.07, 6.45) is 3.57. The number of benzene rings is 1. The Labute approximate surface area is 127 Å². The molecule has 0 aliphatic heterocycles. The van der Waals surface area contributed by atoms with Crippen molar-refractivity contribution in [2.75, 3.05) is 18.2 Å². The molecule has 0 aromatic heterocycles. The van der Waals surface area contributed by atoms with Crippen molar-refractivity contribution in [2.24, 2.45) is 5.41 Å². The van der Waals surface area contributed by atoms with E-state index in [9.17, 15) is 8.42 Å². The molecule has 1 N–H and O–H groups in total. The van der Waals surface area contributed by atoms with Crippen LogP contribution in [-0.2, 0) is 14.6 Å². The summed E-state index contributed by atoms with van der Waals surface area (Å²) < 4.78 is 28.7. The highest BCUT2D eigenvalue weighted by Crippen LogP contribution is 2.47. The zero-order valence-corrected chi connectivity index (χ0v) is 14.0. The van der Waals surface area contributed by atoms with Crippen LogP contribution in [0.5, 0.6) is 0 Å². The summed E-state index contributed by atoms with van der Waals surface area (Å²) >= 11 is 0. The van der Waals surface area contributed by atoms with Crippen LogP contribution in [0.4, 0.5) is 5.69 Å². The molecule has 3 atom stereocenters. The minimum absolute atomic E-state index is 0.130. The first-order valence-electron chi connectivity index (χ1n) is 7.49. The molecule has 0 spiro atoms. The predicted octanol–water partition coefficient (Wildman–Crippen LogP) is 3.10. The number of sulfone groups is 1. The summed E-state index contributed by atoms with van der Waals surface area (Å²) in [5, 5.41) is 3.51. The Bertz CT molecular complexity index is 582. The first-order valence-corrected chi connectivity index (χ1v) is 9.38. The fourth-order valence-electron chi connectivity index (χ4n) is 2.97. The van der Waals surface area contributed by atoms with E-state index in [0.717, 1.165) is 25.1 Å². The second-order valence-electron chi connectivity index (χ2n) is 6.03. The third-order valence-corrected chi connectivity index (χ3v) is 5.86. The van der Waals surface area contributed by atoms with Crippen LogP contribution >= 0.6 is 0 Å². The molecular formula is C16H25NO3S. The van der Waals surface area contributed by atoms with E-state index >= 15 is 0 Å². The van der Waals surface area contributed by atoms with Gasteiger partial charge in [-0.3, -0.25) is 0 Å². The van der Waals surface area contributed by atoms with Gasteiger partial charge in [0.1, 0.15) is 0 Å². The van der Waals surface area contributed by atoms with E-state index in [1.165, 1.54) is 6.26 Å². The quantitative estimate of drug-likeness (QED) is 0.877. The van der Waals surface area contributed by atoms with Gasteiger partial charge in [0, 0.05) is 30.0 Å². The molecule has 21 heavy (non-hydrogen) atoms. The molecule has 1 saturated carbocycles. The number of rotatable bonds is 6. The lowest BCUT2D eigenvalue weighted by molar-refractivity contribution is -0.109. The van der Waals surface area contributed by atoms with Crippen LogP contribution < -0.4 is 5.32 Å². The molecule has 0 heterocycles. The number of hydrogen-bond acceptors (Lipinski definition) is 4. The number of anilines is 1. The van der Waals surface area contributed by atoms with Crippen LogP contribution in [0.15, 0.2) is 29.2 Å². The average molecular weight is 311 g/mol.